The molecule has 0 spiro atoms. The minimum Gasteiger partial charge on any atom is -0.465 e. The zero-order valence-electron chi connectivity index (χ0n) is 13.1. The third kappa shape index (κ3) is 3.70. The summed E-state index contributed by atoms with van der Waals surface area (Å²) in [4.78, 5) is 13.6. The van der Waals surface area contributed by atoms with Gasteiger partial charge in [-0.2, -0.15) is 0 Å². The Morgan fingerprint density at radius 1 is 1.23 bits per heavy atom. The first-order valence-corrected chi connectivity index (χ1v) is 7.77. The van der Waals surface area contributed by atoms with Gasteiger partial charge in [0.05, 0.1) is 6.54 Å². The van der Waals surface area contributed by atoms with Crippen molar-refractivity contribution >= 4 is 11.6 Å². The Balaban J connectivity index is 1.56. The molecule has 116 valence electrons. The SMILES string of the molecule is CC(=O)N(Cc1ccc(NCc2ccc(C)o2)cc1)C1CC1. The van der Waals surface area contributed by atoms with Crippen LogP contribution in [0.15, 0.2) is 40.8 Å². The average Bonchev–Trinajstić information content (AvgIpc) is 3.25. The van der Waals surface area contributed by atoms with Gasteiger partial charge in [-0.3, -0.25) is 4.79 Å². The van der Waals surface area contributed by atoms with Crippen molar-refractivity contribution < 1.29 is 9.21 Å². The van der Waals surface area contributed by atoms with Gasteiger partial charge in [0.15, 0.2) is 0 Å². The molecule has 1 amide bonds. The first-order chi connectivity index (χ1) is 10.6. The smallest absolute Gasteiger partial charge is 0.219 e. The van der Waals surface area contributed by atoms with E-state index in [1.54, 1.807) is 6.92 Å². The Hall–Kier alpha value is -2.23. The molecule has 1 saturated carbocycles. The van der Waals surface area contributed by atoms with Gasteiger partial charge in [-0.05, 0) is 49.6 Å². The number of carbonyl (C=O) groups is 1. The molecule has 1 aliphatic carbocycles. The van der Waals surface area contributed by atoms with Crippen LogP contribution >= 0.6 is 0 Å². The average molecular weight is 298 g/mol. The van der Waals surface area contributed by atoms with Gasteiger partial charge in [0, 0.05) is 25.2 Å². The van der Waals surface area contributed by atoms with Crippen LogP contribution < -0.4 is 5.32 Å². The fourth-order valence-corrected chi connectivity index (χ4v) is 2.58. The summed E-state index contributed by atoms with van der Waals surface area (Å²) in [6.45, 7) is 4.98. The van der Waals surface area contributed by atoms with Gasteiger partial charge in [0.25, 0.3) is 0 Å². The second-order valence-electron chi connectivity index (χ2n) is 5.94. The molecular weight excluding hydrogens is 276 g/mol. The summed E-state index contributed by atoms with van der Waals surface area (Å²) in [5, 5.41) is 3.34. The van der Waals surface area contributed by atoms with Crippen LogP contribution in [0.3, 0.4) is 0 Å². The lowest BCUT2D eigenvalue weighted by molar-refractivity contribution is -0.130. The molecule has 1 fully saturated rings. The van der Waals surface area contributed by atoms with Crippen LogP contribution in [0.25, 0.3) is 0 Å². The van der Waals surface area contributed by atoms with Crippen LogP contribution in [0.1, 0.15) is 36.8 Å². The van der Waals surface area contributed by atoms with E-state index in [1.165, 1.54) is 5.56 Å². The Morgan fingerprint density at radius 3 is 2.50 bits per heavy atom. The molecule has 0 atom stereocenters. The molecule has 4 heteroatoms. The third-order valence-electron chi connectivity index (χ3n) is 3.96. The summed E-state index contributed by atoms with van der Waals surface area (Å²) in [7, 11) is 0. The second kappa shape index (κ2) is 6.26. The largest absolute Gasteiger partial charge is 0.465 e. The molecule has 0 saturated heterocycles. The summed E-state index contributed by atoms with van der Waals surface area (Å²) >= 11 is 0. The highest BCUT2D eigenvalue weighted by atomic mass is 16.3. The van der Waals surface area contributed by atoms with Crippen LogP contribution in [0.5, 0.6) is 0 Å². The van der Waals surface area contributed by atoms with E-state index in [-0.39, 0.29) is 5.91 Å². The van der Waals surface area contributed by atoms with Crippen LogP contribution in [0, 0.1) is 6.92 Å². The number of nitrogens with one attached hydrogen (secondary N) is 1. The Labute approximate surface area is 131 Å². The van der Waals surface area contributed by atoms with Crippen molar-refractivity contribution in [3.8, 4) is 0 Å². The molecule has 0 radical (unpaired) electrons. The summed E-state index contributed by atoms with van der Waals surface area (Å²) in [5.41, 5.74) is 2.22. The van der Waals surface area contributed by atoms with Crippen molar-refractivity contribution in [3.05, 3.63) is 53.5 Å². The minimum atomic E-state index is 0.165. The maximum Gasteiger partial charge on any atom is 0.219 e. The highest BCUT2D eigenvalue weighted by Gasteiger charge is 2.30. The van der Waals surface area contributed by atoms with E-state index >= 15 is 0 Å². The molecule has 1 heterocycles. The first kappa shape index (κ1) is 14.7. The van der Waals surface area contributed by atoms with Crippen LogP contribution in [-0.2, 0) is 17.9 Å². The molecule has 0 unspecified atom stereocenters. The highest BCUT2D eigenvalue weighted by molar-refractivity contribution is 5.74. The fraction of sp³-hybridized carbons (Fsp3) is 0.389. The van der Waals surface area contributed by atoms with Gasteiger partial charge in [-0.15, -0.1) is 0 Å². The predicted molar refractivity (Wildman–Crippen MR) is 86.5 cm³/mol. The molecule has 2 aromatic rings. The number of anilines is 1. The number of hydrogen-bond acceptors (Lipinski definition) is 3. The number of aryl methyl sites for hydroxylation is 1. The number of carbonyl (C=O) groups excluding carboxylic acids is 1. The van der Waals surface area contributed by atoms with Gasteiger partial charge in [-0.25, -0.2) is 0 Å². The van der Waals surface area contributed by atoms with E-state index in [0.717, 1.165) is 30.0 Å². The van der Waals surface area contributed by atoms with Gasteiger partial charge in [0.2, 0.25) is 5.91 Å². The lowest BCUT2D eigenvalue weighted by atomic mass is 10.2. The van der Waals surface area contributed by atoms with Crippen molar-refractivity contribution in [2.24, 2.45) is 0 Å². The van der Waals surface area contributed by atoms with Crippen LogP contribution in [0.4, 0.5) is 5.69 Å². The van der Waals surface area contributed by atoms with Crippen LogP contribution in [-0.4, -0.2) is 16.8 Å². The quantitative estimate of drug-likeness (QED) is 0.884. The zero-order valence-corrected chi connectivity index (χ0v) is 13.1. The van der Waals surface area contributed by atoms with Crippen molar-refractivity contribution in [3.63, 3.8) is 0 Å². The Kier molecular flexibility index (Phi) is 4.18. The number of hydrogen-bond donors (Lipinski definition) is 1. The number of amides is 1. The molecule has 1 N–H and O–H groups in total. The fourth-order valence-electron chi connectivity index (χ4n) is 2.58. The minimum absolute atomic E-state index is 0.165. The van der Waals surface area contributed by atoms with Crippen molar-refractivity contribution in [2.45, 2.75) is 45.8 Å². The Morgan fingerprint density at radius 2 is 1.95 bits per heavy atom. The number of nitrogens with zero attached hydrogens (tertiary/aromatic N) is 1. The van der Waals surface area contributed by atoms with Crippen molar-refractivity contribution in [1.82, 2.24) is 4.90 Å². The third-order valence-corrected chi connectivity index (χ3v) is 3.96. The van der Waals surface area contributed by atoms with E-state index in [9.17, 15) is 4.79 Å². The van der Waals surface area contributed by atoms with Crippen molar-refractivity contribution in [2.75, 3.05) is 5.32 Å². The maximum absolute atomic E-state index is 11.7. The molecule has 4 nitrogen and oxygen atoms in total. The van der Waals surface area contributed by atoms with Gasteiger partial charge >= 0.3 is 0 Å². The molecule has 0 bridgehead atoms. The van der Waals surface area contributed by atoms with Gasteiger partial charge < -0.3 is 14.6 Å². The normalized spacial score (nSPS) is 13.9. The summed E-state index contributed by atoms with van der Waals surface area (Å²) in [6.07, 6.45) is 2.28. The zero-order chi connectivity index (χ0) is 15.5. The van der Waals surface area contributed by atoms with E-state index < -0.39 is 0 Å². The summed E-state index contributed by atoms with van der Waals surface area (Å²) in [6, 6.07) is 12.7. The van der Waals surface area contributed by atoms with Crippen LogP contribution in [0.2, 0.25) is 0 Å². The number of benzene rings is 1. The van der Waals surface area contributed by atoms with Gasteiger partial charge in [0.1, 0.15) is 11.5 Å². The topological polar surface area (TPSA) is 45.5 Å². The molecule has 22 heavy (non-hydrogen) atoms. The molecule has 1 aromatic carbocycles. The monoisotopic (exact) mass is 298 g/mol. The summed E-state index contributed by atoms with van der Waals surface area (Å²) < 4.78 is 5.53. The van der Waals surface area contributed by atoms with E-state index in [1.807, 2.05) is 24.0 Å². The standard InChI is InChI=1S/C18H22N2O2/c1-13-3-10-18(22-13)11-19-16-6-4-15(5-7-16)12-20(14(2)21)17-8-9-17/h3-7,10,17,19H,8-9,11-12H2,1-2H3. The molecular formula is C18H22N2O2. The Bertz CT molecular complexity index is 641. The molecule has 0 aliphatic heterocycles. The van der Waals surface area contributed by atoms with E-state index in [4.69, 9.17) is 4.42 Å². The molecule has 1 aliphatic rings. The first-order valence-electron chi connectivity index (χ1n) is 7.77. The lowest BCUT2D eigenvalue weighted by Gasteiger charge is -2.20. The predicted octanol–water partition coefficient (Wildman–Crippen LogP) is 3.71. The number of rotatable bonds is 6. The van der Waals surface area contributed by atoms with Gasteiger partial charge in [-0.1, -0.05) is 12.1 Å². The number of furan rings is 1. The van der Waals surface area contributed by atoms with Crippen molar-refractivity contribution in [1.29, 1.82) is 0 Å². The lowest BCUT2D eigenvalue weighted by Crippen LogP contribution is -2.30. The maximum atomic E-state index is 11.7. The molecule has 1 aromatic heterocycles. The molecule has 3 rings (SSSR count). The van der Waals surface area contributed by atoms with E-state index in [2.05, 4.69) is 29.6 Å². The highest BCUT2D eigenvalue weighted by Crippen LogP contribution is 2.28. The summed E-state index contributed by atoms with van der Waals surface area (Å²) in [5.74, 6) is 2.02. The second-order valence-corrected chi connectivity index (χ2v) is 5.94. The van der Waals surface area contributed by atoms with E-state index in [0.29, 0.717) is 19.1 Å².